The van der Waals surface area contributed by atoms with Crippen molar-refractivity contribution in [1.82, 2.24) is 4.90 Å². The van der Waals surface area contributed by atoms with Gasteiger partial charge in [-0.2, -0.15) is 0 Å². The van der Waals surface area contributed by atoms with E-state index in [4.69, 9.17) is 0 Å². The van der Waals surface area contributed by atoms with Crippen LogP contribution in [0.25, 0.3) is 10.8 Å². The van der Waals surface area contributed by atoms with Gasteiger partial charge in [0.15, 0.2) is 0 Å². The van der Waals surface area contributed by atoms with Crippen LogP contribution in [0.3, 0.4) is 0 Å². The van der Waals surface area contributed by atoms with Crippen LogP contribution in [0.15, 0.2) is 36.4 Å². The molecule has 1 unspecified atom stereocenters. The number of hydrogen-bond acceptors (Lipinski definition) is 3. The maximum Gasteiger partial charge on any atom is 0.326 e. The SMILES string of the molecule is O=C(O)C1CCCCN1C(=O)c1ccc2ccccc2c1O. The normalized spacial score (nSPS) is 18.4. The summed E-state index contributed by atoms with van der Waals surface area (Å²) in [5.41, 5.74) is 0.159. The van der Waals surface area contributed by atoms with Crippen LogP contribution in [0.5, 0.6) is 5.75 Å². The lowest BCUT2D eigenvalue weighted by molar-refractivity contribution is -0.143. The van der Waals surface area contributed by atoms with Gasteiger partial charge < -0.3 is 15.1 Å². The second-order valence-electron chi connectivity index (χ2n) is 5.53. The van der Waals surface area contributed by atoms with E-state index in [0.29, 0.717) is 18.4 Å². The van der Waals surface area contributed by atoms with Gasteiger partial charge in [-0.25, -0.2) is 4.79 Å². The Labute approximate surface area is 127 Å². The number of nitrogens with zero attached hydrogens (tertiary/aromatic N) is 1. The minimum Gasteiger partial charge on any atom is -0.506 e. The summed E-state index contributed by atoms with van der Waals surface area (Å²) in [7, 11) is 0. The van der Waals surface area contributed by atoms with Gasteiger partial charge in [0, 0.05) is 11.9 Å². The third kappa shape index (κ3) is 2.39. The number of phenols is 1. The highest BCUT2D eigenvalue weighted by Crippen LogP contribution is 2.31. The van der Waals surface area contributed by atoms with Gasteiger partial charge in [0.05, 0.1) is 5.56 Å². The molecule has 5 heteroatoms. The van der Waals surface area contributed by atoms with E-state index in [1.165, 1.54) is 4.90 Å². The molecule has 1 aliphatic rings. The first-order chi connectivity index (χ1) is 10.6. The molecule has 114 valence electrons. The van der Waals surface area contributed by atoms with Crippen molar-refractivity contribution in [2.45, 2.75) is 25.3 Å². The van der Waals surface area contributed by atoms with E-state index >= 15 is 0 Å². The maximum atomic E-state index is 12.7. The lowest BCUT2D eigenvalue weighted by Crippen LogP contribution is -2.48. The van der Waals surface area contributed by atoms with Crippen molar-refractivity contribution in [3.05, 3.63) is 42.0 Å². The average molecular weight is 299 g/mol. The summed E-state index contributed by atoms with van der Waals surface area (Å²) < 4.78 is 0. The quantitative estimate of drug-likeness (QED) is 0.893. The van der Waals surface area contributed by atoms with Crippen molar-refractivity contribution in [1.29, 1.82) is 0 Å². The molecule has 1 saturated heterocycles. The summed E-state index contributed by atoms with van der Waals surface area (Å²) in [6.07, 6.45) is 2.03. The third-order valence-electron chi connectivity index (χ3n) is 4.18. The Bertz CT molecular complexity index is 741. The molecule has 1 heterocycles. The number of hydrogen-bond donors (Lipinski definition) is 2. The summed E-state index contributed by atoms with van der Waals surface area (Å²) in [6, 6.07) is 9.75. The number of benzene rings is 2. The Kier molecular flexibility index (Phi) is 3.71. The number of fused-ring (bicyclic) bond motifs is 1. The third-order valence-corrected chi connectivity index (χ3v) is 4.18. The number of carbonyl (C=O) groups is 2. The molecule has 0 saturated carbocycles. The largest absolute Gasteiger partial charge is 0.506 e. The summed E-state index contributed by atoms with van der Waals surface area (Å²) in [4.78, 5) is 25.4. The number of carboxylic acids is 1. The van der Waals surface area contributed by atoms with Crippen LogP contribution >= 0.6 is 0 Å². The molecule has 5 nitrogen and oxygen atoms in total. The van der Waals surface area contributed by atoms with Crippen molar-refractivity contribution < 1.29 is 19.8 Å². The van der Waals surface area contributed by atoms with Gasteiger partial charge in [0.1, 0.15) is 11.8 Å². The summed E-state index contributed by atoms with van der Waals surface area (Å²) >= 11 is 0. The highest BCUT2D eigenvalue weighted by Gasteiger charge is 2.33. The molecule has 0 aliphatic carbocycles. The number of rotatable bonds is 2. The molecule has 1 fully saturated rings. The fourth-order valence-electron chi connectivity index (χ4n) is 3.01. The fraction of sp³-hybridized carbons (Fsp3) is 0.294. The summed E-state index contributed by atoms with van der Waals surface area (Å²) in [6.45, 7) is 0.405. The summed E-state index contributed by atoms with van der Waals surface area (Å²) in [5, 5.41) is 21.1. The highest BCUT2D eigenvalue weighted by atomic mass is 16.4. The topological polar surface area (TPSA) is 77.8 Å². The molecule has 1 amide bonds. The Hall–Kier alpha value is -2.56. The van der Waals surface area contributed by atoms with E-state index in [1.54, 1.807) is 24.3 Å². The lowest BCUT2D eigenvalue weighted by atomic mass is 9.99. The zero-order chi connectivity index (χ0) is 15.7. The van der Waals surface area contributed by atoms with Crippen molar-refractivity contribution in [2.24, 2.45) is 0 Å². The average Bonchev–Trinajstić information content (AvgIpc) is 2.55. The second-order valence-corrected chi connectivity index (χ2v) is 5.53. The van der Waals surface area contributed by atoms with Crippen molar-refractivity contribution >= 4 is 22.6 Å². The van der Waals surface area contributed by atoms with Crippen LogP contribution in [0, 0.1) is 0 Å². The first-order valence-electron chi connectivity index (χ1n) is 7.34. The number of piperidine rings is 1. The number of likely N-dealkylation sites (tertiary alicyclic amines) is 1. The first kappa shape index (κ1) is 14.4. The standard InChI is InChI=1S/C17H17NO4/c19-15-12-6-2-1-5-11(12)8-9-13(15)16(20)18-10-4-3-7-14(18)17(21)22/h1-2,5-6,8-9,14,19H,3-4,7,10H2,(H,21,22). The lowest BCUT2D eigenvalue weighted by Gasteiger charge is -2.33. The predicted octanol–water partition coefficient (Wildman–Crippen LogP) is 2.62. The molecule has 2 aromatic carbocycles. The minimum atomic E-state index is -0.992. The Morgan fingerprint density at radius 2 is 1.86 bits per heavy atom. The molecular weight excluding hydrogens is 282 g/mol. The second kappa shape index (κ2) is 5.67. The van der Waals surface area contributed by atoms with Crippen LogP contribution < -0.4 is 0 Å². The van der Waals surface area contributed by atoms with Crippen LogP contribution in [-0.2, 0) is 4.79 Å². The zero-order valence-electron chi connectivity index (χ0n) is 12.0. The molecule has 0 spiro atoms. The van der Waals surface area contributed by atoms with E-state index in [1.807, 2.05) is 12.1 Å². The number of amides is 1. The van der Waals surface area contributed by atoms with Crippen molar-refractivity contribution in [2.75, 3.05) is 6.54 Å². The number of aromatic hydroxyl groups is 1. The molecular formula is C17H17NO4. The van der Waals surface area contributed by atoms with Crippen molar-refractivity contribution in [3.63, 3.8) is 0 Å². The molecule has 0 bridgehead atoms. The van der Waals surface area contributed by atoms with Crippen LogP contribution in [0.2, 0.25) is 0 Å². The van der Waals surface area contributed by atoms with Gasteiger partial charge in [-0.05, 0) is 30.7 Å². The van der Waals surface area contributed by atoms with Crippen LogP contribution in [0.4, 0.5) is 0 Å². The Balaban J connectivity index is 2.01. The van der Waals surface area contributed by atoms with E-state index in [-0.39, 0.29) is 11.3 Å². The van der Waals surface area contributed by atoms with Gasteiger partial charge in [-0.1, -0.05) is 30.3 Å². The van der Waals surface area contributed by atoms with E-state index in [9.17, 15) is 19.8 Å². The number of carboxylic acid groups (broad SMARTS) is 1. The van der Waals surface area contributed by atoms with Crippen molar-refractivity contribution in [3.8, 4) is 5.75 Å². The van der Waals surface area contributed by atoms with E-state index in [0.717, 1.165) is 18.2 Å². The maximum absolute atomic E-state index is 12.7. The molecule has 3 rings (SSSR count). The first-order valence-corrected chi connectivity index (χ1v) is 7.34. The molecule has 0 radical (unpaired) electrons. The van der Waals surface area contributed by atoms with E-state index in [2.05, 4.69) is 0 Å². The van der Waals surface area contributed by atoms with Gasteiger partial charge in [-0.3, -0.25) is 4.79 Å². The molecule has 1 aliphatic heterocycles. The van der Waals surface area contributed by atoms with Crippen LogP contribution in [0.1, 0.15) is 29.6 Å². The van der Waals surface area contributed by atoms with Gasteiger partial charge >= 0.3 is 5.97 Å². The fourth-order valence-corrected chi connectivity index (χ4v) is 3.01. The molecule has 0 aromatic heterocycles. The van der Waals surface area contributed by atoms with Crippen LogP contribution in [-0.4, -0.2) is 39.6 Å². The predicted molar refractivity (Wildman–Crippen MR) is 81.9 cm³/mol. The number of aliphatic carboxylic acids is 1. The molecule has 1 atom stereocenters. The Morgan fingerprint density at radius 1 is 1.09 bits per heavy atom. The summed E-state index contributed by atoms with van der Waals surface area (Å²) in [5.74, 6) is -1.50. The van der Waals surface area contributed by atoms with Gasteiger partial charge in [0.25, 0.3) is 5.91 Å². The minimum absolute atomic E-state index is 0.0854. The molecule has 2 N–H and O–H groups in total. The van der Waals surface area contributed by atoms with Gasteiger partial charge in [0.2, 0.25) is 0 Å². The number of carbonyl (C=O) groups excluding carboxylic acids is 1. The molecule has 22 heavy (non-hydrogen) atoms. The smallest absolute Gasteiger partial charge is 0.326 e. The highest BCUT2D eigenvalue weighted by molar-refractivity contribution is 6.04. The zero-order valence-corrected chi connectivity index (χ0v) is 12.0. The molecule has 2 aromatic rings. The Morgan fingerprint density at radius 3 is 2.64 bits per heavy atom. The van der Waals surface area contributed by atoms with Gasteiger partial charge in [-0.15, -0.1) is 0 Å². The monoisotopic (exact) mass is 299 g/mol. The number of phenolic OH excluding ortho intramolecular Hbond substituents is 1. The van der Waals surface area contributed by atoms with E-state index < -0.39 is 17.9 Å².